The summed E-state index contributed by atoms with van der Waals surface area (Å²) >= 11 is 0. The van der Waals surface area contributed by atoms with Crippen LogP contribution in [0.4, 0.5) is 29.5 Å². The van der Waals surface area contributed by atoms with E-state index in [0.717, 1.165) is 17.7 Å². The number of hydrogen-bond donors (Lipinski definition) is 2. The zero-order valence-electron chi connectivity index (χ0n) is 24.6. The van der Waals surface area contributed by atoms with Crippen molar-refractivity contribution in [2.24, 2.45) is 5.92 Å². The van der Waals surface area contributed by atoms with E-state index in [-0.39, 0.29) is 35.6 Å². The van der Waals surface area contributed by atoms with Gasteiger partial charge in [0.05, 0.1) is 18.2 Å². The van der Waals surface area contributed by atoms with Crippen LogP contribution in [0.2, 0.25) is 0 Å². The average Bonchev–Trinajstić information content (AvgIpc) is 2.95. The molecule has 3 aromatic rings. The van der Waals surface area contributed by atoms with Crippen LogP contribution in [-0.2, 0) is 23.9 Å². The third kappa shape index (κ3) is 8.82. The summed E-state index contributed by atoms with van der Waals surface area (Å²) in [6, 6.07) is 10.3. The molecule has 1 aliphatic rings. The van der Waals surface area contributed by atoms with E-state index < -0.39 is 23.2 Å². The van der Waals surface area contributed by atoms with Gasteiger partial charge in [0, 0.05) is 43.3 Å². The number of anilines is 2. The van der Waals surface area contributed by atoms with Crippen LogP contribution < -0.4 is 15.4 Å². The van der Waals surface area contributed by atoms with Gasteiger partial charge in [-0.1, -0.05) is 6.07 Å². The summed E-state index contributed by atoms with van der Waals surface area (Å²) in [5.41, 5.74) is -0.0643. The number of amides is 2. The Morgan fingerprint density at radius 1 is 1.02 bits per heavy atom. The Bertz CT molecular complexity index is 1430. The van der Waals surface area contributed by atoms with Crippen LogP contribution in [0.1, 0.15) is 60.7 Å². The number of pyridine rings is 2. The molecule has 3 heterocycles. The lowest BCUT2D eigenvalue weighted by atomic mass is 9.89. The second-order valence-electron chi connectivity index (χ2n) is 11.4. The van der Waals surface area contributed by atoms with Gasteiger partial charge in [-0.05, 0) is 87.9 Å². The number of likely N-dealkylation sites (tertiary alicyclic amines) is 1. The van der Waals surface area contributed by atoms with Gasteiger partial charge in [0.1, 0.15) is 11.4 Å². The molecule has 0 saturated carbocycles. The first-order valence-electron chi connectivity index (χ1n) is 14.0. The fraction of sp³-hybridized carbons (Fsp3) is 0.419. The third-order valence-corrected chi connectivity index (χ3v) is 6.91. The molecule has 9 nitrogen and oxygen atoms in total. The topological polar surface area (TPSA) is 106 Å². The number of piperidine rings is 1. The first kappa shape index (κ1) is 31.6. The molecule has 4 rings (SSSR count). The largest absolute Gasteiger partial charge is 0.481 e. The Morgan fingerprint density at radius 3 is 2.40 bits per heavy atom. The van der Waals surface area contributed by atoms with Gasteiger partial charge in [-0.3, -0.25) is 4.79 Å². The molecule has 0 spiro atoms. The van der Waals surface area contributed by atoms with Gasteiger partial charge in [-0.2, -0.15) is 13.2 Å². The highest BCUT2D eigenvalue weighted by Gasteiger charge is 2.32. The quantitative estimate of drug-likeness (QED) is 0.302. The molecule has 1 aliphatic heterocycles. The van der Waals surface area contributed by atoms with Gasteiger partial charge in [-0.25, -0.2) is 14.8 Å². The minimum atomic E-state index is -4.60. The van der Waals surface area contributed by atoms with E-state index in [1.54, 1.807) is 50.1 Å². The van der Waals surface area contributed by atoms with E-state index in [1.807, 2.05) is 6.07 Å². The maximum absolute atomic E-state index is 13.8. The van der Waals surface area contributed by atoms with Crippen molar-refractivity contribution >= 4 is 23.5 Å². The molecule has 1 aromatic carbocycles. The zero-order valence-corrected chi connectivity index (χ0v) is 24.6. The predicted octanol–water partition coefficient (Wildman–Crippen LogP) is 6.56. The number of benzene rings is 1. The van der Waals surface area contributed by atoms with Crippen molar-refractivity contribution in [3.05, 3.63) is 77.1 Å². The lowest BCUT2D eigenvalue weighted by Crippen LogP contribution is -2.42. The van der Waals surface area contributed by atoms with Crippen molar-refractivity contribution in [2.45, 2.75) is 58.4 Å². The van der Waals surface area contributed by atoms with Crippen LogP contribution in [0.15, 0.2) is 54.9 Å². The standard InChI is InChI=1S/C31H36F3N5O4/c1-30(2,3)43-29(41)39-13-9-20(10-14-39)15-21-16-23(31(32,33)34)18-24(17-21)38-27(40)25-8-6-11-35-26(25)37-19-22-7-5-12-36-28(22)42-4/h5-8,11-12,16-18,20H,9-10,13-15,19H2,1-4H3,(H,35,37)(H,38,40). The highest BCUT2D eigenvalue weighted by molar-refractivity contribution is 6.07. The smallest absolute Gasteiger partial charge is 0.416 e. The molecule has 1 fully saturated rings. The van der Waals surface area contributed by atoms with Gasteiger partial charge in [0.2, 0.25) is 5.88 Å². The van der Waals surface area contributed by atoms with Crippen LogP contribution in [-0.4, -0.2) is 52.7 Å². The average molecular weight is 600 g/mol. The number of nitrogens with zero attached hydrogens (tertiary/aromatic N) is 3. The van der Waals surface area contributed by atoms with E-state index in [2.05, 4.69) is 20.6 Å². The van der Waals surface area contributed by atoms with Gasteiger partial charge in [0.15, 0.2) is 0 Å². The van der Waals surface area contributed by atoms with Crippen LogP contribution in [0.25, 0.3) is 0 Å². The Labute approximate surface area is 248 Å². The third-order valence-electron chi connectivity index (χ3n) is 6.91. The molecule has 1 saturated heterocycles. The van der Waals surface area contributed by atoms with Crippen LogP contribution >= 0.6 is 0 Å². The van der Waals surface area contributed by atoms with Crippen molar-refractivity contribution in [3.8, 4) is 5.88 Å². The first-order chi connectivity index (χ1) is 20.3. The molecule has 0 aliphatic carbocycles. The summed E-state index contributed by atoms with van der Waals surface area (Å²) in [6.45, 7) is 6.58. The van der Waals surface area contributed by atoms with Crippen molar-refractivity contribution in [1.29, 1.82) is 0 Å². The van der Waals surface area contributed by atoms with Gasteiger partial charge < -0.3 is 25.0 Å². The molecular weight excluding hydrogens is 563 g/mol. The highest BCUT2D eigenvalue weighted by atomic mass is 19.4. The minimum Gasteiger partial charge on any atom is -0.481 e. The summed E-state index contributed by atoms with van der Waals surface area (Å²) in [4.78, 5) is 35.7. The maximum atomic E-state index is 13.8. The van der Waals surface area contributed by atoms with Crippen molar-refractivity contribution in [3.63, 3.8) is 0 Å². The Morgan fingerprint density at radius 2 is 1.72 bits per heavy atom. The zero-order chi connectivity index (χ0) is 31.2. The van der Waals surface area contributed by atoms with E-state index in [4.69, 9.17) is 9.47 Å². The molecule has 2 N–H and O–H groups in total. The summed E-state index contributed by atoms with van der Waals surface area (Å²) in [6.07, 6.45) is -0.249. The summed E-state index contributed by atoms with van der Waals surface area (Å²) in [7, 11) is 1.50. The van der Waals surface area contributed by atoms with Gasteiger partial charge >= 0.3 is 12.3 Å². The number of alkyl halides is 3. The molecule has 2 amide bonds. The first-order valence-corrected chi connectivity index (χ1v) is 14.0. The monoisotopic (exact) mass is 599 g/mol. The van der Waals surface area contributed by atoms with Crippen LogP contribution in [0.5, 0.6) is 5.88 Å². The molecule has 43 heavy (non-hydrogen) atoms. The molecule has 0 unspecified atom stereocenters. The summed E-state index contributed by atoms with van der Waals surface area (Å²) in [5, 5.41) is 5.71. The number of nitrogens with one attached hydrogen (secondary N) is 2. The highest BCUT2D eigenvalue weighted by Crippen LogP contribution is 2.34. The maximum Gasteiger partial charge on any atom is 0.416 e. The number of aromatic nitrogens is 2. The molecule has 0 radical (unpaired) electrons. The number of ether oxygens (including phenoxy) is 2. The van der Waals surface area contributed by atoms with E-state index >= 15 is 0 Å². The van der Waals surface area contributed by atoms with E-state index in [0.29, 0.717) is 43.8 Å². The number of halogens is 3. The second kappa shape index (κ2) is 13.3. The van der Waals surface area contributed by atoms with E-state index in [1.165, 1.54) is 19.4 Å². The lowest BCUT2D eigenvalue weighted by molar-refractivity contribution is -0.137. The van der Waals surface area contributed by atoms with E-state index in [9.17, 15) is 22.8 Å². The Hall–Kier alpha value is -4.35. The normalized spacial score (nSPS) is 14.3. The van der Waals surface area contributed by atoms with Gasteiger partial charge in [-0.15, -0.1) is 0 Å². The Balaban J connectivity index is 1.46. The SMILES string of the molecule is COc1ncccc1CNc1ncccc1C(=O)Nc1cc(CC2CCN(C(=O)OC(C)(C)C)CC2)cc(C(F)(F)F)c1. The van der Waals surface area contributed by atoms with Crippen molar-refractivity contribution in [2.75, 3.05) is 30.8 Å². The molecular formula is C31H36F3N5O4. The number of carbonyl (C=O) groups is 2. The summed E-state index contributed by atoms with van der Waals surface area (Å²) in [5.74, 6) is 0.146. The fourth-order valence-corrected chi connectivity index (χ4v) is 4.87. The number of hydrogen-bond acceptors (Lipinski definition) is 7. The second-order valence-corrected chi connectivity index (χ2v) is 11.4. The Kier molecular flexibility index (Phi) is 9.77. The molecule has 2 aromatic heterocycles. The number of methoxy groups -OCH3 is 1. The molecule has 0 bridgehead atoms. The fourth-order valence-electron chi connectivity index (χ4n) is 4.87. The number of rotatable bonds is 8. The van der Waals surface area contributed by atoms with Crippen molar-refractivity contribution in [1.82, 2.24) is 14.9 Å². The minimum absolute atomic E-state index is 0.0322. The lowest BCUT2D eigenvalue weighted by Gasteiger charge is -2.33. The summed E-state index contributed by atoms with van der Waals surface area (Å²) < 4.78 is 52.2. The van der Waals surface area contributed by atoms with Gasteiger partial charge in [0.25, 0.3) is 5.91 Å². The molecule has 230 valence electrons. The molecule has 12 heteroatoms. The van der Waals surface area contributed by atoms with Crippen molar-refractivity contribution < 1.29 is 32.2 Å². The predicted molar refractivity (Wildman–Crippen MR) is 156 cm³/mol. The molecule has 0 atom stereocenters. The van der Waals surface area contributed by atoms with Crippen LogP contribution in [0, 0.1) is 5.92 Å². The number of carbonyl (C=O) groups excluding carboxylic acids is 2. The van der Waals surface area contributed by atoms with Crippen LogP contribution in [0.3, 0.4) is 0 Å².